The fraction of sp³-hybridized carbons (Fsp3) is 0.353. The molecule has 0 saturated heterocycles. The summed E-state index contributed by atoms with van der Waals surface area (Å²) in [6, 6.07) is 4.04. The van der Waals surface area contributed by atoms with E-state index in [0.717, 1.165) is 47.7 Å². The van der Waals surface area contributed by atoms with Crippen LogP contribution in [-0.4, -0.2) is 31.0 Å². The summed E-state index contributed by atoms with van der Waals surface area (Å²) in [7, 11) is 0. The number of rotatable bonds is 2. The third-order valence-electron chi connectivity index (χ3n) is 4.11. The van der Waals surface area contributed by atoms with E-state index in [1.807, 2.05) is 12.1 Å². The molecule has 4 rings (SSSR count). The van der Waals surface area contributed by atoms with Gasteiger partial charge in [-0.25, -0.2) is 15.0 Å². The summed E-state index contributed by atoms with van der Waals surface area (Å²) in [5.41, 5.74) is 2.98. The molecular weight excluding hydrogens is 290 g/mol. The zero-order valence-electron chi connectivity index (χ0n) is 13.2. The van der Waals surface area contributed by atoms with Gasteiger partial charge >= 0.3 is 0 Å². The highest BCUT2D eigenvalue weighted by Gasteiger charge is 2.20. The van der Waals surface area contributed by atoms with Crippen LogP contribution in [-0.2, 0) is 12.0 Å². The van der Waals surface area contributed by atoms with E-state index in [-0.39, 0.29) is 0 Å². The Hall–Kier alpha value is -2.47. The summed E-state index contributed by atoms with van der Waals surface area (Å²) in [6.07, 6.45) is 7.69. The van der Waals surface area contributed by atoms with Crippen molar-refractivity contribution in [3.05, 3.63) is 42.2 Å². The van der Waals surface area contributed by atoms with Crippen LogP contribution in [0.4, 0.5) is 5.82 Å². The number of hydrogen-bond donors (Lipinski definition) is 2. The second-order valence-electron chi connectivity index (χ2n) is 6.44. The third-order valence-corrected chi connectivity index (χ3v) is 4.11. The molecule has 0 amide bonds. The lowest BCUT2D eigenvalue weighted by Crippen LogP contribution is -2.19. The number of imidazole rings is 1. The van der Waals surface area contributed by atoms with Gasteiger partial charge in [0.25, 0.3) is 0 Å². The van der Waals surface area contributed by atoms with Gasteiger partial charge in [0, 0.05) is 36.3 Å². The zero-order valence-corrected chi connectivity index (χ0v) is 13.2. The zero-order chi connectivity index (χ0) is 16.0. The largest absolute Gasteiger partial charge is 0.382 e. The van der Waals surface area contributed by atoms with Gasteiger partial charge in [0.1, 0.15) is 17.1 Å². The first kappa shape index (κ1) is 14.1. The van der Waals surface area contributed by atoms with Gasteiger partial charge in [-0.2, -0.15) is 0 Å². The van der Waals surface area contributed by atoms with Gasteiger partial charge in [0.15, 0.2) is 5.82 Å². The summed E-state index contributed by atoms with van der Waals surface area (Å²) in [5.74, 6) is 1.51. The topological polar surface area (TPSA) is 75.3 Å². The predicted octanol–water partition coefficient (Wildman–Crippen LogP) is 2.38. The monoisotopic (exact) mass is 309 g/mol. The van der Waals surface area contributed by atoms with Crippen molar-refractivity contribution in [2.45, 2.75) is 32.3 Å². The van der Waals surface area contributed by atoms with Crippen LogP contribution in [0.5, 0.6) is 0 Å². The lowest BCUT2D eigenvalue weighted by molar-refractivity contribution is 0.0687. The molecule has 2 N–H and O–H groups in total. The van der Waals surface area contributed by atoms with Crippen LogP contribution in [0.3, 0.4) is 0 Å². The molecule has 118 valence electrons. The summed E-state index contributed by atoms with van der Waals surface area (Å²) < 4.78 is 2.09. The Morgan fingerprint density at radius 2 is 1.96 bits per heavy atom. The van der Waals surface area contributed by atoms with E-state index in [2.05, 4.69) is 30.9 Å². The molecule has 1 aliphatic heterocycles. The Labute approximate surface area is 134 Å². The van der Waals surface area contributed by atoms with Gasteiger partial charge in [-0.15, -0.1) is 0 Å². The molecule has 6 nitrogen and oxygen atoms in total. The molecule has 0 radical (unpaired) electrons. The van der Waals surface area contributed by atoms with Crippen LogP contribution < -0.4 is 5.32 Å². The number of fused-ring (bicyclic) bond motifs is 3. The van der Waals surface area contributed by atoms with Gasteiger partial charge in [0.2, 0.25) is 0 Å². The quantitative estimate of drug-likeness (QED) is 0.760. The molecule has 0 aliphatic carbocycles. The van der Waals surface area contributed by atoms with Crippen molar-refractivity contribution in [1.29, 1.82) is 0 Å². The summed E-state index contributed by atoms with van der Waals surface area (Å²) >= 11 is 0. The molecule has 3 aromatic rings. The average molecular weight is 309 g/mol. The highest BCUT2D eigenvalue weighted by molar-refractivity contribution is 5.66. The number of pyridine rings is 1. The minimum atomic E-state index is -1.03. The van der Waals surface area contributed by atoms with Crippen molar-refractivity contribution in [2.75, 3.05) is 11.9 Å². The lowest BCUT2D eigenvalue weighted by Gasteiger charge is -2.15. The highest BCUT2D eigenvalue weighted by Crippen LogP contribution is 2.27. The Bertz CT molecular complexity index is 861. The SMILES string of the molecule is CC(C)(O)c1ncc(-c2ccc3nc4c(n3c2)NCCC4)cn1. The fourth-order valence-corrected chi connectivity index (χ4v) is 2.88. The van der Waals surface area contributed by atoms with Gasteiger partial charge in [-0.1, -0.05) is 0 Å². The standard InChI is InChI=1S/C17H19N5O/c1-17(2,23)16-19-8-12(9-20-16)11-5-6-14-21-13-4-3-7-18-15(13)22(14)10-11/h5-6,8-10,18,23H,3-4,7H2,1-2H3. The van der Waals surface area contributed by atoms with Crippen molar-refractivity contribution < 1.29 is 5.11 Å². The van der Waals surface area contributed by atoms with E-state index >= 15 is 0 Å². The molecule has 3 aromatic heterocycles. The maximum absolute atomic E-state index is 9.95. The van der Waals surface area contributed by atoms with Gasteiger partial charge in [-0.05, 0) is 38.8 Å². The number of nitrogens with one attached hydrogen (secondary N) is 1. The Morgan fingerprint density at radius 3 is 2.70 bits per heavy atom. The molecule has 0 fully saturated rings. The Morgan fingerprint density at radius 1 is 1.17 bits per heavy atom. The van der Waals surface area contributed by atoms with Crippen molar-refractivity contribution in [1.82, 2.24) is 19.4 Å². The molecule has 0 spiro atoms. The second kappa shape index (κ2) is 5.03. The first-order chi connectivity index (χ1) is 11.0. The van der Waals surface area contributed by atoms with E-state index in [4.69, 9.17) is 0 Å². The number of aromatic nitrogens is 4. The summed E-state index contributed by atoms with van der Waals surface area (Å²) in [4.78, 5) is 13.2. The van der Waals surface area contributed by atoms with E-state index in [1.165, 1.54) is 0 Å². The molecule has 0 saturated carbocycles. The van der Waals surface area contributed by atoms with Crippen molar-refractivity contribution in [2.24, 2.45) is 0 Å². The molecule has 1 aliphatic rings. The van der Waals surface area contributed by atoms with Crippen LogP contribution in [0.1, 0.15) is 31.8 Å². The normalized spacial score (nSPS) is 14.6. The van der Waals surface area contributed by atoms with Crippen LogP contribution in [0.25, 0.3) is 16.8 Å². The minimum absolute atomic E-state index is 0.420. The van der Waals surface area contributed by atoms with E-state index < -0.39 is 5.60 Å². The maximum Gasteiger partial charge on any atom is 0.159 e. The lowest BCUT2D eigenvalue weighted by atomic mass is 10.1. The molecule has 0 atom stereocenters. The average Bonchev–Trinajstić information content (AvgIpc) is 2.92. The van der Waals surface area contributed by atoms with Crippen LogP contribution in [0, 0.1) is 0 Å². The molecule has 0 aromatic carbocycles. The van der Waals surface area contributed by atoms with Gasteiger partial charge < -0.3 is 10.4 Å². The minimum Gasteiger partial charge on any atom is -0.382 e. The maximum atomic E-state index is 9.95. The van der Waals surface area contributed by atoms with E-state index in [9.17, 15) is 5.11 Å². The van der Waals surface area contributed by atoms with Gasteiger partial charge in [-0.3, -0.25) is 4.40 Å². The van der Waals surface area contributed by atoms with Crippen molar-refractivity contribution >= 4 is 11.5 Å². The molecule has 0 bridgehead atoms. The van der Waals surface area contributed by atoms with Crippen LogP contribution >= 0.6 is 0 Å². The Balaban J connectivity index is 1.77. The van der Waals surface area contributed by atoms with Crippen molar-refractivity contribution in [3.63, 3.8) is 0 Å². The first-order valence-corrected chi connectivity index (χ1v) is 7.82. The van der Waals surface area contributed by atoms with Crippen LogP contribution in [0.2, 0.25) is 0 Å². The molecule has 23 heavy (non-hydrogen) atoms. The smallest absolute Gasteiger partial charge is 0.159 e. The summed E-state index contributed by atoms with van der Waals surface area (Å²) in [5, 5.41) is 13.4. The number of aliphatic hydroxyl groups is 1. The number of aryl methyl sites for hydroxylation is 1. The first-order valence-electron chi connectivity index (χ1n) is 7.82. The third kappa shape index (κ3) is 2.45. The fourth-order valence-electron chi connectivity index (χ4n) is 2.88. The molecule has 0 unspecified atom stereocenters. The molecule has 4 heterocycles. The van der Waals surface area contributed by atoms with Crippen LogP contribution in [0.15, 0.2) is 30.7 Å². The second-order valence-corrected chi connectivity index (χ2v) is 6.44. The highest BCUT2D eigenvalue weighted by atomic mass is 16.3. The summed E-state index contributed by atoms with van der Waals surface area (Å²) in [6.45, 7) is 4.34. The molecule has 6 heteroatoms. The van der Waals surface area contributed by atoms with E-state index in [0.29, 0.717) is 5.82 Å². The number of hydrogen-bond acceptors (Lipinski definition) is 5. The van der Waals surface area contributed by atoms with Gasteiger partial charge in [0.05, 0.1) is 5.69 Å². The van der Waals surface area contributed by atoms with E-state index in [1.54, 1.807) is 26.2 Å². The predicted molar refractivity (Wildman–Crippen MR) is 88.3 cm³/mol. The number of anilines is 1. The Kier molecular flexibility index (Phi) is 3.09. The number of nitrogens with zero attached hydrogens (tertiary/aromatic N) is 4. The van der Waals surface area contributed by atoms with Crippen molar-refractivity contribution in [3.8, 4) is 11.1 Å². The molecular formula is C17H19N5O.